The van der Waals surface area contributed by atoms with Crippen LogP contribution in [0.15, 0.2) is 35.1 Å². The van der Waals surface area contributed by atoms with Gasteiger partial charge in [0.1, 0.15) is 6.26 Å². The van der Waals surface area contributed by atoms with Crippen LogP contribution in [0.5, 0.6) is 0 Å². The second-order valence-electron chi connectivity index (χ2n) is 6.24. The number of anilines is 2. The van der Waals surface area contributed by atoms with Crippen molar-refractivity contribution in [2.75, 3.05) is 31.7 Å². The Kier molecular flexibility index (Phi) is 6.10. The van der Waals surface area contributed by atoms with Crippen molar-refractivity contribution in [2.24, 2.45) is 0 Å². The number of aromatic nitrogens is 2. The van der Waals surface area contributed by atoms with Gasteiger partial charge < -0.3 is 20.4 Å². The number of nitrogens with two attached hydrogens (primary N) is 1. The van der Waals surface area contributed by atoms with E-state index < -0.39 is 5.91 Å². The predicted octanol–water partition coefficient (Wildman–Crippen LogP) is 3.78. The average molecular weight is 406 g/mol. The van der Waals surface area contributed by atoms with Gasteiger partial charge in [-0.15, -0.1) is 11.3 Å². The van der Waals surface area contributed by atoms with Gasteiger partial charge in [-0.3, -0.25) is 4.79 Å². The summed E-state index contributed by atoms with van der Waals surface area (Å²) in [5, 5.41) is 4.25. The summed E-state index contributed by atoms with van der Waals surface area (Å²) in [5.41, 5.74) is 6.92. The van der Waals surface area contributed by atoms with E-state index >= 15 is 0 Å². The third-order valence-corrected chi connectivity index (χ3v) is 5.24. The van der Waals surface area contributed by atoms with E-state index in [0.717, 1.165) is 34.8 Å². The molecule has 1 amide bonds. The molecule has 0 aliphatic heterocycles. The van der Waals surface area contributed by atoms with Crippen molar-refractivity contribution in [3.05, 3.63) is 46.4 Å². The number of benzene rings is 1. The first-order valence-corrected chi connectivity index (χ1v) is 9.53. The molecule has 2 heterocycles. The summed E-state index contributed by atoms with van der Waals surface area (Å²) in [6, 6.07) is 5.41. The summed E-state index contributed by atoms with van der Waals surface area (Å²) in [6.45, 7) is 1.03. The number of aryl methyl sites for hydroxylation is 1. The Balaban J connectivity index is 1.73. The van der Waals surface area contributed by atoms with Crippen LogP contribution in [0, 0.1) is 0 Å². The number of carbonyl (C=O) groups excluding carboxylic acids is 1. The molecule has 0 unspecified atom stereocenters. The third kappa shape index (κ3) is 5.06. The van der Waals surface area contributed by atoms with Crippen LogP contribution >= 0.6 is 22.9 Å². The number of halogens is 1. The monoisotopic (exact) mass is 405 g/mol. The Hall–Kier alpha value is -2.42. The van der Waals surface area contributed by atoms with Crippen LogP contribution in [-0.2, 0) is 6.42 Å². The Bertz CT molecular complexity index is 937. The highest BCUT2D eigenvalue weighted by Crippen LogP contribution is 2.32. The van der Waals surface area contributed by atoms with Crippen molar-refractivity contribution in [2.45, 2.75) is 12.8 Å². The maximum atomic E-state index is 12.2. The van der Waals surface area contributed by atoms with Gasteiger partial charge in [-0.05, 0) is 44.8 Å². The Labute approximate surface area is 166 Å². The first-order chi connectivity index (χ1) is 12.9. The minimum Gasteiger partial charge on any atom is -0.431 e. The zero-order valence-electron chi connectivity index (χ0n) is 15.0. The molecule has 0 aliphatic carbocycles. The van der Waals surface area contributed by atoms with Gasteiger partial charge in [0.2, 0.25) is 0 Å². The molecule has 0 aliphatic rings. The van der Waals surface area contributed by atoms with E-state index in [9.17, 15) is 4.79 Å². The number of hydrogen-bond donors (Lipinski definition) is 2. The summed E-state index contributed by atoms with van der Waals surface area (Å²) >= 11 is 7.87. The minimum absolute atomic E-state index is 0.0635. The van der Waals surface area contributed by atoms with Crippen molar-refractivity contribution in [3.8, 4) is 10.4 Å². The van der Waals surface area contributed by atoms with E-state index in [4.69, 9.17) is 21.8 Å². The summed E-state index contributed by atoms with van der Waals surface area (Å²) < 4.78 is 4.86. The summed E-state index contributed by atoms with van der Waals surface area (Å²) in [7, 11) is 4.12. The lowest BCUT2D eigenvalue weighted by Crippen LogP contribution is -2.13. The number of thiazole rings is 1. The molecule has 0 fully saturated rings. The van der Waals surface area contributed by atoms with Crippen molar-refractivity contribution in [1.82, 2.24) is 14.9 Å². The number of nitrogen functional groups attached to an aromatic ring is 1. The Morgan fingerprint density at radius 3 is 2.93 bits per heavy atom. The molecule has 1 aromatic carbocycles. The van der Waals surface area contributed by atoms with Gasteiger partial charge in [0.25, 0.3) is 11.9 Å². The lowest BCUT2D eigenvalue weighted by atomic mass is 10.2. The molecule has 2 aromatic heterocycles. The lowest BCUT2D eigenvalue weighted by molar-refractivity contribution is 0.102. The Morgan fingerprint density at radius 1 is 1.41 bits per heavy atom. The fourth-order valence-corrected chi connectivity index (χ4v) is 3.58. The molecule has 0 radical (unpaired) electrons. The van der Waals surface area contributed by atoms with Gasteiger partial charge in [0.05, 0.1) is 20.6 Å². The molecule has 0 bridgehead atoms. The van der Waals surface area contributed by atoms with Crippen molar-refractivity contribution >= 4 is 40.5 Å². The number of amides is 1. The molecule has 3 N–H and O–H groups in total. The molecule has 3 aromatic rings. The first-order valence-electron chi connectivity index (χ1n) is 8.34. The topological polar surface area (TPSA) is 97.3 Å². The normalized spacial score (nSPS) is 11.1. The van der Waals surface area contributed by atoms with Crippen LogP contribution in [0.3, 0.4) is 0 Å². The fraction of sp³-hybridized carbons (Fsp3) is 0.278. The van der Waals surface area contributed by atoms with E-state index in [-0.39, 0.29) is 11.7 Å². The van der Waals surface area contributed by atoms with Crippen LogP contribution in [0.25, 0.3) is 10.4 Å². The van der Waals surface area contributed by atoms with Gasteiger partial charge in [-0.2, -0.15) is 4.98 Å². The van der Waals surface area contributed by atoms with Gasteiger partial charge >= 0.3 is 0 Å². The van der Waals surface area contributed by atoms with Crippen LogP contribution in [0.4, 0.5) is 11.7 Å². The van der Waals surface area contributed by atoms with Gasteiger partial charge in [-0.1, -0.05) is 17.7 Å². The molecule has 0 atom stereocenters. The number of nitrogens with one attached hydrogen (secondary N) is 1. The number of rotatable bonds is 7. The van der Waals surface area contributed by atoms with Gasteiger partial charge in [0, 0.05) is 12.6 Å². The molecule has 0 saturated heterocycles. The summed E-state index contributed by atoms with van der Waals surface area (Å²) in [5.74, 6) is -0.442. The molecular formula is C18H20ClN5O2S. The smallest absolute Gasteiger partial charge is 0.292 e. The molecule has 27 heavy (non-hydrogen) atoms. The molecular weight excluding hydrogens is 386 g/mol. The summed E-state index contributed by atoms with van der Waals surface area (Å²) in [6.07, 6.45) is 5.05. The average Bonchev–Trinajstić information content (AvgIpc) is 3.26. The molecule has 9 heteroatoms. The lowest BCUT2D eigenvalue weighted by Gasteiger charge is -2.08. The number of nitrogens with zero attached hydrogens (tertiary/aromatic N) is 3. The van der Waals surface area contributed by atoms with Crippen LogP contribution < -0.4 is 11.1 Å². The van der Waals surface area contributed by atoms with E-state index in [0.29, 0.717) is 10.7 Å². The number of oxazole rings is 1. The van der Waals surface area contributed by atoms with Crippen molar-refractivity contribution < 1.29 is 9.21 Å². The molecule has 142 valence electrons. The standard InChI is InChI=1S/C18H20ClN5O2S/c1-24(2)7-3-4-16-21-9-15(27-16)11-5-6-12(19)13(8-11)22-17(25)14-10-26-18(20)23-14/h5-6,8-10H,3-4,7H2,1-2H3,(H2,20,23)(H,22,25). The highest BCUT2D eigenvalue weighted by molar-refractivity contribution is 7.15. The number of carbonyl (C=O) groups is 1. The van der Waals surface area contributed by atoms with Gasteiger partial charge in [-0.25, -0.2) is 4.98 Å². The van der Waals surface area contributed by atoms with E-state index in [1.54, 1.807) is 17.4 Å². The third-order valence-electron chi connectivity index (χ3n) is 3.80. The first kappa shape index (κ1) is 19.3. The second-order valence-corrected chi connectivity index (χ2v) is 7.77. The quantitative estimate of drug-likeness (QED) is 0.620. The minimum atomic E-state index is -0.442. The molecule has 7 nitrogen and oxygen atoms in total. The van der Waals surface area contributed by atoms with E-state index in [2.05, 4.69) is 34.3 Å². The van der Waals surface area contributed by atoms with E-state index in [1.165, 1.54) is 6.26 Å². The number of hydrogen-bond acceptors (Lipinski definition) is 7. The summed E-state index contributed by atoms with van der Waals surface area (Å²) in [4.78, 5) is 23.7. The van der Waals surface area contributed by atoms with Crippen LogP contribution in [0.1, 0.15) is 21.9 Å². The van der Waals surface area contributed by atoms with Crippen molar-refractivity contribution in [1.29, 1.82) is 0 Å². The largest absolute Gasteiger partial charge is 0.431 e. The Morgan fingerprint density at radius 2 is 2.22 bits per heavy atom. The van der Waals surface area contributed by atoms with Crippen LogP contribution in [-0.4, -0.2) is 41.4 Å². The molecule has 0 saturated carbocycles. The second kappa shape index (κ2) is 8.51. The highest BCUT2D eigenvalue weighted by atomic mass is 35.5. The maximum absolute atomic E-state index is 12.2. The fourth-order valence-electron chi connectivity index (χ4n) is 2.46. The van der Waals surface area contributed by atoms with Crippen LogP contribution in [0.2, 0.25) is 5.02 Å². The van der Waals surface area contributed by atoms with E-state index in [1.807, 2.05) is 18.3 Å². The maximum Gasteiger partial charge on any atom is 0.292 e. The highest BCUT2D eigenvalue weighted by Gasteiger charge is 2.14. The predicted molar refractivity (Wildman–Crippen MR) is 108 cm³/mol. The zero-order chi connectivity index (χ0) is 19.4. The van der Waals surface area contributed by atoms with Gasteiger partial charge in [0.15, 0.2) is 5.69 Å². The zero-order valence-corrected chi connectivity index (χ0v) is 16.6. The molecule has 3 rings (SSSR count). The molecule has 0 spiro atoms. The SMILES string of the molecule is CN(C)CCCc1ncc(-c2ccc(Cl)c(NC(=O)c3coc(N)n3)c2)s1. The van der Waals surface area contributed by atoms with Crippen molar-refractivity contribution in [3.63, 3.8) is 0 Å².